The Labute approximate surface area is 93.4 Å². The Morgan fingerprint density at radius 1 is 0.933 bits per heavy atom. The molecule has 2 heterocycles. The highest BCUT2D eigenvalue weighted by Gasteiger charge is 2.36. The first-order valence-corrected chi connectivity index (χ1v) is 6.87. The van der Waals surface area contributed by atoms with Crippen molar-refractivity contribution in [3.05, 3.63) is 0 Å². The van der Waals surface area contributed by atoms with Crippen molar-refractivity contribution in [2.75, 3.05) is 26.2 Å². The first kappa shape index (κ1) is 10.1. The van der Waals surface area contributed by atoms with Crippen LogP contribution in [0.5, 0.6) is 0 Å². The van der Waals surface area contributed by atoms with Gasteiger partial charge in [-0.3, -0.25) is 0 Å². The summed E-state index contributed by atoms with van der Waals surface area (Å²) in [6, 6.07) is 0.803. The fraction of sp³-hybridized carbons (Fsp3) is 1.00. The van der Waals surface area contributed by atoms with Gasteiger partial charge >= 0.3 is 0 Å². The van der Waals surface area contributed by atoms with E-state index in [1.165, 1.54) is 64.7 Å². The molecule has 2 aliphatic heterocycles. The summed E-state index contributed by atoms with van der Waals surface area (Å²) in [7, 11) is 0. The zero-order chi connectivity index (χ0) is 10.1. The van der Waals surface area contributed by atoms with E-state index in [2.05, 4.69) is 10.2 Å². The Morgan fingerprint density at radius 2 is 1.73 bits per heavy atom. The topological polar surface area (TPSA) is 15.3 Å². The van der Waals surface area contributed by atoms with Crippen molar-refractivity contribution in [3.63, 3.8) is 0 Å². The van der Waals surface area contributed by atoms with Gasteiger partial charge in [0.1, 0.15) is 0 Å². The molecular weight excluding hydrogens is 184 g/mol. The first-order valence-electron chi connectivity index (χ1n) is 6.87. The molecule has 0 spiro atoms. The van der Waals surface area contributed by atoms with Crippen LogP contribution in [0.1, 0.15) is 38.5 Å². The Bertz CT molecular complexity index is 199. The van der Waals surface area contributed by atoms with Gasteiger partial charge in [-0.25, -0.2) is 0 Å². The summed E-state index contributed by atoms with van der Waals surface area (Å²) in [4.78, 5) is 2.73. The number of piperidine rings is 1. The van der Waals surface area contributed by atoms with Crippen LogP contribution in [0, 0.1) is 11.8 Å². The maximum absolute atomic E-state index is 3.67. The van der Waals surface area contributed by atoms with Crippen molar-refractivity contribution >= 4 is 0 Å². The van der Waals surface area contributed by atoms with Gasteiger partial charge in [-0.2, -0.15) is 0 Å². The van der Waals surface area contributed by atoms with E-state index in [4.69, 9.17) is 0 Å². The average molecular weight is 208 g/mol. The summed E-state index contributed by atoms with van der Waals surface area (Å²) >= 11 is 0. The molecule has 1 saturated carbocycles. The van der Waals surface area contributed by atoms with E-state index < -0.39 is 0 Å². The number of hydrogen-bond acceptors (Lipinski definition) is 2. The van der Waals surface area contributed by atoms with Crippen LogP contribution >= 0.6 is 0 Å². The van der Waals surface area contributed by atoms with Crippen LogP contribution in [-0.2, 0) is 0 Å². The normalized spacial score (nSPS) is 42.0. The van der Waals surface area contributed by atoms with Gasteiger partial charge in [0.2, 0.25) is 0 Å². The van der Waals surface area contributed by atoms with Crippen LogP contribution in [0.2, 0.25) is 0 Å². The van der Waals surface area contributed by atoms with Gasteiger partial charge in [0.25, 0.3) is 0 Å². The van der Waals surface area contributed by atoms with Crippen molar-refractivity contribution in [1.82, 2.24) is 10.2 Å². The zero-order valence-corrected chi connectivity index (χ0v) is 9.75. The summed E-state index contributed by atoms with van der Waals surface area (Å²) in [5.74, 6) is 2.13. The number of nitrogens with zero attached hydrogens (tertiary/aromatic N) is 1. The molecule has 3 rings (SSSR count). The molecule has 0 radical (unpaired) electrons. The molecule has 0 amide bonds. The van der Waals surface area contributed by atoms with Gasteiger partial charge in [0, 0.05) is 25.7 Å². The molecule has 1 N–H and O–H groups in total. The van der Waals surface area contributed by atoms with Crippen molar-refractivity contribution in [1.29, 1.82) is 0 Å². The third-order valence-corrected chi connectivity index (χ3v) is 4.69. The lowest BCUT2D eigenvalue weighted by Crippen LogP contribution is -2.43. The van der Waals surface area contributed by atoms with Gasteiger partial charge < -0.3 is 10.2 Å². The molecule has 0 aromatic heterocycles. The molecule has 2 nitrogen and oxygen atoms in total. The van der Waals surface area contributed by atoms with Gasteiger partial charge in [0.05, 0.1) is 0 Å². The highest BCUT2D eigenvalue weighted by atomic mass is 15.2. The maximum Gasteiger partial charge on any atom is 0.0195 e. The maximum atomic E-state index is 3.67. The summed E-state index contributed by atoms with van der Waals surface area (Å²) in [6.45, 7) is 5.39. The summed E-state index contributed by atoms with van der Waals surface area (Å²) < 4.78 is 0. The molecule has 86 valence electrons. The van der Waals surface area contributed by atoms with Crippen LogP contribution in [-0.4, -0.2) is 37.1 Å². The standard InChI is InChI=1S/C13H24N2/c1-2-7-14-13(6-1)10-15-8-11-4-3-5-12(11)9-15/h11-14H,1-10H2. The number of nitrogens with one attached hydrogen (secondary N) is 1. The molecule has 3 fully saturated rings. The van der Waals surface area contributed by atoms with Gasteiger partial charge in [0.15, 0.2) is 0 Å². The molecule has 0 aromatic rings. The Balaban J connectivity index is 1.48. The largest absolute Gasteiger partial charge is 0.313 e. The lowest BCUT2D eigenvalue weighted by atomic mass is 10.0. The molecular formula is C13H24N2. The molecule has 2 heteroatoms. The van der Waals surface area contributed by atoms with Crippen molar-refractivity contribution < 1.29 is 0 Å². The lowest BCUT2D eigenvalue weighted by Gasteiger charge is -2.28. The van der Waals surface area contributed by atoms with E-state index in [-0.39, 0.29) is 0 Å². The number of hydrogen-bond donors (Lipinski definition) is 1. The Morgan fingerprint density at radius 3 is 2.40 bits per heavy atom. The van der Waals surface area contributed by atoms with Crippen LogP contribution in [0.3, 0.4) is 0 Å². The second kappa shape index (κ2) is 4.42. The fourth-order valence-electron chi connectivity index (χ4n) is 3.87. The lowest BCUT2D eigenvalue weighted by molar-refractivity contribution is 0.248. The highest BCUT2D eigenvalue weighted by Crippen LogP contribution is 2.37. The van der Waals surface area contributed by atoms with Crippen LogP contribution in [0.4, 0.5) is 0 Å². The molecule has 2 saturated heterocycles. The summed E-state index contributed by atoms with van der Waals surface area (Å²) in [5.41, 5.74) is 0. The molecule has 3 aliphatic rings. The molecule has 0 aromatic carbocycles. The minimum atomic E-state index is 0.803. The smallest absolute Gasteiger partial charge is 0.0195 e. The SMILES string of the molecule is C1CCC(CN2CC3CCCC3C2)NC1. The summed E-state index contributed by atoms with van der Waals surface area (Å²) in [6.07, 6.45) is 8.77. The monoisotopic (exact) mass is 208 g/mol. The first-order chi connectivity index (χ1) is 7.42. The van der Waals surface area contributed by atoms with E-state index in [9.17, 15) is 0 Å². The Kier molecular flexibility index (Phi) is 2.98. The minimum absolute atomic E-state index is 0.803. The second-order valence-corrected chi connectivity index (χ2v) is 5.82. The van der Waals surface area contributed by atoms with Crippen LogP contribution in [0.25, 0.3) is 0 Å². The van der Waals surface area contributed by atoms with E-state index in [1.807, 2.05) is 0 Å². The number of rotatable bonds is 2. The predicted molar refractivity (Wildman–Crippen MR) is 62.9 cm³/mol. The highest BCUT2D eigenvalue weighted by molar-refractivity contribution is 4.90. The quantitative estimate of drug-likeness (QED) is 0.745. The van der Waals surface area contributed by atoms with Crippen molar-refractivity contribution in [2.24, 2.45) is 11.8 Å². The van der Waals surface area contributed by atoms with E-state index in [0.29, 0.717) is 0 Å². The van der Waals surface area contributed by atoms with Gasteiger partial charge in [-0.05, 0) is 44.1 Å². The molecule has 15 heavy (non-hydrogen) atoms. The molecule has 0 bridgehead atoms. The van der Waals surface area contributed by atoms with Gasteiger partial charge in [-0.1, -0.05) is 12.8 Å². The van der Waals surface area contributed by atoms with Crippen molar-refractivity contribution in [2.45, 2.75) is 44.6 Å². The van der Waals surface area contributed by atoms with Crippen LogP contribution < -0.4 is 5.32 Å². The van der Waals surface area contributed by atoms with Crippen LogP contribution in [0.15, 0.2) is 0 Å². The second-order valence-electron chi connectivity index (χ2n) is 5.82. The van der Waals surface area contributed by atoms with Crippen molar-refractivity contribution in [3.8, 4) is 0 Å². The summed E-state index contributed by atoms with van der Waals surface area (Å²) in [5, 5.41) is 3.67. The van der Waals surface area contributed by atoms with E-state index in [0.717, 1.165) is 17.9 Å². The number of likely N-dealkylation sites (tertiary alicyclic amines) is 1. The van der Waals surface area contributed by atoms with E-state index in [1.54, 1.807) is 0 Å². The predicted octanol–water partition coefficient (Wildman–Crippen LogP) is 1.86. The average Bonchev–Trinajstić information content (AvgIpc) is 2.79. The molecule has 3 unspecified atom stereocenters. The number of fused-ring (bicyclic) bond motifs is 1. The molecule has 1 aliphatic carbocycles. The fourth-order valence-corrected chi connectivity index (χ4v) is 3.87. The zero-order valence-electron chi connectivity index (χ0n) is 9.75. The van der Waals surface area contributed by atoms with Gasteiger partial charge in [-0.15, -0.1) is 0 Å². The third-order valence-electron chi connectivity index (χ3n) is 4.69. The van der Waals surface area contributed by atoms with E-state index >= 15 is 0 Å². The minimum Gasteiger partial charge on any atom is -0.313 e. The third kappa shape index (κ3) is 2.21. The Hall–Kier alpha value is -0.0800. The molecule has 3 atom stereocenters.